The molecule has 1 aromatic heterocycles. The zero-order valence-corrected chi connectivity index (χ0v) is 9.54. The van der Waals surface area contributed by atoms with E-state index >= 15 is 0 Å². The van der Waals surface area contributed by atoms with Gasteiger partial charge in [0, 0.05) is 11.1 Å². The first kappa shape index (κ1) is 11.3. The van der Waals surface area contributed by atoms with Gasteiger partial charge in [0.1, 0.15) is 11.6 Å². The Bertz CT molecular complexity index is 563. The van der Waals surface area contributed by atoms with Crippen LogP contribution in [0.2, 0.25) is 0 Å². The van der Waals surface area contributed by atoms with E-state index in [0.717, 1.165) is 11.1 Å². The number of anilines is 1. The zero-order valence-electron chi connectivity index (χ0n) is 9.54. The van der Waals surface area contributed by atoms with Crippen LogP contribution in [0.15, 0.2) is 24.4 Å². The minimum atomic E-state index is -0.429. The summed E-state index contributed by atoms with van der Waals surface area (Å²) >= 11 is 0. The number of hydrogen-bond acceptors (Lipinski definition) is 2. The van der Waals surface area contributed by atoms with E-state index < -0.39 is 5.82 Å². The third-order valence-electron chi connectivity index (χ3n) is 2.51. The smallest absolute Gasteiger partial charge is 0.257 e. The second kappa shape index (κ2) is 4.37. The summed E-state index contributed by atoms with van der Waals surface area (Å²) in [5.74, 6) is -0.255. The third-order valence-corrected chi connectivity index (χ3v) is 2.51. The lowest BCUT2D eigenvalue weighted by atomic mass is 10.1. The highest BCUT2D eigenvalue weighted by Crippen LogP contribution is 2.14. The van der Waals surface area contributed by atoms with E-state index in [1.54, 1.807) is 19.2 Å². The number of amides is 1. The maximum atomic E-state index is 13.1. The van der Waals surface area contributed by atoms with Gasteiger partial charge in [0.2, 0.25) is 0 Å². The van der Waals surface area contributed by atoms with E-state index in [-0.39, 0.29) is 5.91 Å². The molecule has 4 nitrogen and oxygen atoms in total. The first-order valence-corrected chi connectivity index (χ1v) is 5.15. The first-order chi connectivity index (χ1) is 8.08. The van der Waals surface area contributed by atoms with E-state index in [4.69, 9.17) is 0 Å². The molecule has 0 saturated carbocycles. The summed E-state index contributed by atoms with van der Waals surface area (Å²) in [6.45, 7) is 3.58. The molecular formula is C12H12FN3O. The van der Waals surface area contributed by atoms with Crippen LogP contribution in [-0.4, -0.2) is 16.1 Å². The molecule has 0 fully saturated rings. The van der Waals surface area contributed by atoms with Gasteiger partial charge >= 0.3 is 0 Å². The molecule has 0 bridgehead atoms. The monoisotopic (exact) mass is 233 g/mol. The molecule has 5 heteroatoms. The summed E-state index contributed by atoms with van der Waals surface area (Å²) in [7, 11) is 0. The fourth-order valence-electron chi connectivity index (χ4n) is 1.49. The summed E-state index contributed by atoms with van der Waals surface area (Å²) in [4.78, 5) is 11.9. The molecule has 88 valence electrons. The van der Waals surface area contributed by atoms with E-state index in [1.807, 2.05) is 6.92 Å². The van der Waals surface area contributed by atoms with Crippen molar-refractivity contribution in [1.29, 1.82) is 0 Å². The van der Waals surface area contributed by atoms with Crippen LogP contribution in [0.1, 0.15) is 21.5 Å². The predicted octanol–water partition coefficient (Wildman–Crippen LogP) is 2.42. The van der Waals surface area contributed by atoms with Crippen molar-refractivity contribution in [2.24, 2.45) is 0 Å². The van der Waals surface area contributed by atoms with Gasteiger partial charge < -0.3 is 5.32 Å². The molecule has 0 aliphatic heterocycles. The second-order valence-electron chi connectivity index (χ2n) is 3.84. The van der Waals surface area contributed by atoms with Crippen molar-refractivity contribution >= 4 is 11.7 Å². The van der Waals surface area contributed by atoms with Crippen molar-refractivity contribution in [3.05, 3.63) is 46.9 Å². The van der Waals surface area contributed by atoms with Crippen molar-refractivity contribution in [3.63, 3.8) is 0 Å². The van der Waals surface area contributed by atoms with Gasteiger partial charge in [0.25, 0.3) is 5.91 Å². The minimum absolute atomic E-state index is 0.319. The molecule has 2 aromatic rings. The molecule has 0 atom stereocenters. The van der Waals surface area contributed by atoms with E-state index in [9.17, 15) is 9.18 Å². The van der Waals surface area contributed by atoms with Crippen LogP contribution in [0, 0.1) is 19.7 Å². The normalized spacial score (nSPS) is 10.3. The molecule has 0 aliphatic rings. The number of hydrogen-bond donors (Lipinski definition) is 2. The van der Waals surface area contributed by atoms with Crippen LogP contribution < -0.4 is 5.32 Å². The molecule has 2 N–H and O–H groups in total. The highest BCUT2D eigenvalue weighted by molar-refractivity contribution is 6.05. The zero-order chi connectivity index (χ0) is 12.4. The van der Waals surface area contributed by atoms with Crippen LogP contribution >= 0.6 is 0 Å². The molecule has 1 amide bonds. The van der Waals surface area contributed by atoms with E-state index in [2.05, 4.69) is 15.5 Å². The number of carbonyl (C=O) groups is 1. The molecule has 0 saturated heterocycles. The van der Waals surface area contributed by atoms with Crippen molar-refractivity contribution in [1.82, 2.24) is 10.2 Å². The third kappa shape index (κ3) is 2.33. The molecule has 0 spiro atoms. The number of aromatic nitrogens is 2. The molecule has 0 radical (unpaired) electrons. The number of benzene rings is 1. The lowest BCUT2D eigenvalue weighted by Crippen LogP contribution is -2.14. The number of aromatic amines is 1. The molecular weight excluding hydrogens is 221 g/mol. The Balaban J connectivity index is 2.26. The Morgan fingerprint density at radius 2 is 2.12 bits per heavy atom. The van der Waals surface area contributed by atoms with Gasteiger partial charge in [-0.2, -0.15) is 5.10 Å². The summed E-state index contributed by atoms with van der Waals surface area (Å²) in [5.41, 5.74) is 1.87. The summed E-state index contributed by atoms with van der Waals surface area (Å²) < 4.78 is 13.1. The Morgan fingerprint density at radius 3 is 2.76 bits per heavy atom. The van der Waals surface area contributed by atoms with Gasteiger partial charge in [-0.3, -0.25) is 9.89 Å². The molecule has 0 unspecified atom stereocenters. The Kier molecular flexibility index (Phi) is 2.91. The number of halogens is 1. The lowest BCUT2D eigenvalue weighted by Gasteiger charge is -2.06. The van der Waals surface area contributed by atoms with E-state index in [1.165, 1.54) is 12.1 Å². The molecule has 1 aromatic carbocycles. The first-order valence-electron chi connectivity index (χ1n) is 5.15. The number of carbonyl (C=O) groups excluding carboxylic acids is 1. The van der Waals surface area contributed by atoms with Crippen molar-refractivity contribution in [2.45, 2.75) is 13.8 Å². The standard InChI is InChI=1S/C12H12FN3O/c1-7-3-4-9(13)5-10(7)12(17)15-11-8(2)6-14-16-11/h3-6H,1-2H3,(H2,14,15,16,17). The summed E-state index contributed by atoms with van der Waals surface area (Å²) in [5, 5.41) is 9.11. The average Bonchev–Trinajstić information content (AvgIpc) is 2.68. The van der Waals surface area contributed by atoms with Crippen LogP contribution in [-0.2, 0) is 0 Å². The topological polar surface area (TPSA) is 57.8 Å². The van der Waals surface area contributed by atoms with Crippen LogP contribution in [0.5, 0.6) is 0 Å². The number of nitrogens with one attached hydrogen (secondary N) is 2. The lowest BCUT2D eigenvalue weighted by molar-refractivity contribution is 0.102. The Hall–Kier alpha value is -2.17. The fraction of sp³-hybridized carbons (Fsp3) is 0.167. The van der Waals surface area contributed by atoms with Crippen LogP contribution in [0.4, 0.5) is 10.2 Å². The second-order valence-corrected chi connectivity index (χ2v) is 3.84. The average molecular weight is 233 g/mol. The molecule has 1 heterocycles. The van der Waals surface area contributed by atoms with Crippen molar-refractivity contribution in [2.75, 3.05) is 5.32 Å². The summed E-state index contributed by atoms with van der Waals surface area (Å²) in [6, 6.07) is 4.12. The maximum absolute atomic E-state index is 13.1. The van der Waals surface area contributed by atoms with Gasteiger partial charge in [0.15, 0.2) is 0 Å². The quantitative estimate of drug-likeness (QED) is 0.836. The van der Waals surface area contributed by atoms with Gasteiger partial charge in [-0.05, 0) is 31.5 Å². The van der Waals surface area contributed by atoms with Gasteiger partial charge in [-0.15, -0.1) is 0 Å². The Labute approximate surface area is 97.9 Å². The summed E-state index contributed by atoms with van der Waals surface area (Å²) in [6.07, 6.45) is 1.61. The number of nitrogens with zero attached hydrogens (tertiary/aromatic N) is 1. The molecule has 17 heavy (non-hydrogen) atoms. The highest BCUT2D eigenvalue weighted by atomic mass is 19.1. The van der Waals surface area contributed by atoms with Crippen molar-refractivity contribution in [3.8, 4) is 0 Å². The van der Waals surface area contributed by atoms with E-state index in [0.29, 0.717) is 11.4 Å². The van der Waals surface area contributed by atoms with Gasteiger partial charge in [-0.1, -0.05) is 6.07 Å². The largest absolute Gasteiger partial charge is 0.307 e. The predicted molar refractivity (Wildman–Crippen MR) is 62.4 cm³/mol. The highest BCUT2D eigenvalue weighted by Gasteiger charge is 2.12. The maximum Gasteiger partial charge on any atom is 0.257 e. The van der Waals surface area contributed by atoms with Crippen LogP contribution in [0.25, 0.3) is 0 Å². The van der Waals surface area contributed by atoms with Crippen molar-refractivity contribution < 1.29 is 9.18 Å². The number of H-pyrrole nitrogens is 1. The minimum Gasteiger partial charge on any atom is -0.307 e. The molecule has 2 rings (SSSR count). The van der Waals surface area contributed by atoms with Gasteiger partial charge in [0.05, 0.1) is 6.20 Å². The Morgan fingerprint density at radius 1 is 1.35 bits per heavy atom. The van der Waals surface area contributed by atoms with Crippen LogP contribution in [0.3, 0.4) is 0 Å². The number of aryl methyl sites for hydroxylation is 2. The SMILES string of the molecule is Cc1ccc(F)cc1C(=O)Nc1[nH]ncc1C. The fourth-order valence-corrected chi connectivity index (χ4v) is 1.49. The number of rotatable bonds is 2. The molecule has 0 aliphatic carbocycles. The van der Waals surface area contributed by atoms with Gasteiger partial charge in [-0.25, -0.2) is 4.39 Å².